The standard InChI is InChI=1S/C14H16Cl2N4S/c1-9-14(19-8-12(20-9)18-7-3-6-17)21-11-5-2-4-10(15)13(11)16/h2,4-5,8H,3,6-7,17H2,1H3,(H,18,20). The normalized spacial score (nSPS) is 10.7. The van der Waals surface area contributed by atoms with Gasteiger partial charge in [0.1, 0.15) is 10.8 Å². The molecule has 0 atom stereocenters. The number of benzene rings is 1. The van der Waals surface area contributed by atoms with Gasteiger partial charge in [-0.05, 0) is 32.0 Å². The second-order valence-electron chi connectivity index (χ2n) is 4.37. The van der Waals surface area contributed by atoms with E-state index in [1.54, 1.807) is 12.3 Å². The van der Waals surface area contributed by atoms with Crippen LogP contribution in [0.2, 0.25) is 10.0 Å². The van der Waals surface area contributed by atoms with Crippen LogP contribution in [0.5, 0.6) is 0 Å². The molecule has 0 aliphatic rings. The van der Waals surface area contributed by atoms with Crippen LogP contribution >= 0.6 is 35.0 Å². The lowest BCUT2D eigenvalue weighted by Crippen LogP contribution is -2.10. The highest BCUT2D eigenvalue weighted by atomic mass is 35.5. The molecule has 0 saturated heterocycles. The summed E-state index contributed by atoms with van der Waals surface area (Å²) in [5, 5.41) is 5.07. The maximum absolute atomic E-state index is 6.19. The van der Waals surface area contributed by atoms with Crippen molar-refractivity contribution in [2.75, 3.05) is 18.4 Å². The van der Waals surface area contributed by atoms with Crippen LogP contribution in [0.4, 0.5) is 5.82 Å². The molecule has 3 N–H and O–H groups in total. The Morgan fingerprint density at radius 1 is 1.33 bits per heavy atom. The number of halogens is 2. The molecule has 0 fully saturated rings. The molecular formula is C14H16Cl2N4S. The Morgan fingerprint density at radius 2 is 2.14 bits per heavy atom. The number of aromatic nitrogens is 2. The van der Waals surface area contributed by atoms with Gasteiger partial charge in [-0.2, -0.15) is 0 Å². The zero-order valence-corrected chi connectivity index (χ0v) is 13.9. The first-order valence-corrected chi connectivity index (χ1v) is 8.08. The summed E-state index contributed by atoms with van der Waals surface area (Å²) in [6, 6.07) is 5.53. The van der Waals surface area contributed by atoms with Crippen molar-refractivity contribution in [3.63, 3.8) is 0 Å². The maximum Gasteiger partial charge on any atom is 0.144 e. The van der Waals surface area contributed by atoms with Gasteiger partial charge in [0.25, 0.3) is 0 Å². The lowest BCUT2D eigenvalue weighted by molar-refractivity contribution is 0.863. The second-order valence-corrected chi connectivity index (χ2v) is 6.18. The van der Waals surface area contributed by atoms with Crippen LogP contribution < -0.4 is 11.1 Å². The SMILES string of the molecule is Cc1nc(NCCCN)cnc1Sc1cccc(Cl)c1Cl. The summed E-state index contributed by atoms with van der Waals surface area (Å²) >= 11 is 13.7. The van der Waals surface area contributed by atoms with Crippen molar-refractivity contribution in [2.24, 2.45) is 5.73 Å². The highest BCUT2D eigenvalue weighted by Gasteiger charge is 2.10. The Hall–Kier alpha value is -1.01. The number of aryl methyl sites for hydroxylation is 1. The van der Waals surface area contributed by atoms with Gasteiger partial charge in [-0.1, -0.05) is 41.0 Å². The monoisotopic (exact) mass is 342 g/mol. The van der Waals surface area contributed by atoms with E-state index in [0.717, 1.165) is 34.4 Å². The fraction of sp³-hybridized carbons (Fsp3) is 0.286. The van der Waals surface area contributed by atoms with Crippen molar-refractivity contribution in [3.05, 3.63) is 40.1 Å². The summed E-state index contributed by atoms with van der Waals surface area (Å²) in [6.07, 6.45) is 2.61. The molecule has 7 heteroatoms. The van der Waals surface area contributed by atoms with E-state index >= 15 is 0 Å². The predicted molar refractivity (Wildman–Crippen MR) is 89.5 cm³/mol. The average molecular weight is 343 g/mol. The number of hydrogen-bond acceptors (Lipinski definition) is 5. The zero-order chi connectivity index (χ0) is 15.2. The Kier molecular flexibility index (Phi) is 6.11. The van der Waals surface area contributed by atoms with Gasteiger partial charge in [-0.25, -0.2) is 9.97 Å². The zero-order valence-electron chi connectivity index (χ0n) is 11.6. The van der Waals surface area contributed by atoms with Crippen molar-refractivity contribution in [1.29, 1.82) is 0 Å². The largest absolute Gasteiger partial charge is 0.369 e. The van der Waals surface area contributed by atoms with E-state index < -0.39 is 0 Å². The lowest BCUT2D eigenvalue weighted by Gasteiger charge is -2.09. The van der Waals surface area contributed by atoms with Crippen molar-refractivity contribution < 1.29 is 0 Å². The van der Waals surface area contributed by atoms with Crippen LogP contribution in [-0.2, 0) is 0 Å². The molecule has 2 rings (SSSR count). The van der Waals surface area contributed by atoms with Crippen molar-refractivity contribution >= 4 is 40.8 Å². The Morgan fingerprint density at radius 3 is 2.86 bits per heavy atom. The Labute approximate surface area is 138 Å². The van der Waals surface area contributed by atoms with E-state index in [0.29, 0.717) is 16.6 Å². The van der Waals surface area contributed by atoms with Crippen molar-refractivity contribution in [3.8, 4) is 0 Å². The van der Waals surface area contributed by atoms with E-state index in [1.165, 1.54) is 11.8 Å². The molecule has 0 radical (unpaired) electrons. The van der Waals surface area contributed by atoms with Gasteiger partial charge in [-0.3, -0.25) is 0 Å². The lowest BCUT2D eigenvalue weighted by atomic mass is 10.4. The number of anilines is 1. The molecule has 112 valence electrons. The maximum atomic E-state index is 6.19. The highest BCUT2D eigenvalue weighted by molar-refractivity contribution is 7.99. The Bertz CT molecular complexity index is 622. The summed E-state index contributed by atoms with van der Waals surface area (Å²) in [5.41, 5.74) is 6.30. The van der Waals surface area contributed by atoms with Gasteiger partial charge in [0, 0.05) is 11.4 Å². The van der Waals surface area contributed by atoms with Crippen LogP contribution in [0.15, 0.2) is 34.3 Å². The highest BCUT2D eigenvalue weighted by Crippen LogP contribution is 2.37. The minimum absolute atomic E-state index is 0.535. The molecule has 2 aromatic rings. The van der Waals surface area contributed by atoms with E-state index in [1.807, 2.05) is 19.1 Å². The van der Waals surface area contributed by atoms with Gasteiger partial charge in [-0.15, -0.1) is 0 Å². The molecule has 0 unspecified atom stereocenters. The number of nitrogens with one attached hydrogen (secondary N) is 1. The molecular weight excluding hydrogens is 327 g/mol. The fourth-order valence-electron chi connectivity index (χ4n) is 1.64. The van der Waals surface area contributed by atoms with Gasteiger partial charge in [0.2, 0.25) is 0 Å². The van der Waals surface area contributed by atoms with E-state index in [-0.39, 0.29) is 0 Å². The molecule has 0 bridgehead atoms. The summed E-state index contributed by atoms with van der Waals surface area (Å²) in [6.45, 7) is 3.36. The molecule has 0 aliphatic heterocycles. The molecule has 0 amide bonds. The molecule has 1 aromatic heterocycles. The molecule has 21 heavy (non-hydrogen) atoms. The summed E-state index contributed by atoms with van der Waals surface area (Å²) < 4.78 is 0. The van der Waals surface area contributed by atoms with E-state index in [4.69, 9.17) is 28.9 Å². The predicted octanol–water partition coefficient (Wildman–Crippen LogP) is 4.00. The summed E-state index contributed by atoms with van der Waals surface area (Å²) in [4.78, 5) is 9.78. The van der Waals surface area contributed by atoms with Crippen molar-refractivity contribution in [2.45, 2.75) is 23.3 Å². The van der Waals surface area contributed by atoms with Crippen molar-refractivity contribution in [1.82, 2.24) is 9.97 Å². The topological polar surface area (TPSA) is 63.8 Å². The molecule has 4 nitrogen and oxygen atoms in total. The molecule has 0 saturated carbocycles. The number of rotatable bonds is 6. The fourth-order valence-corrected chi connectivity index (χ4v) is 2.97. The summed E-state index contributed by atoms with van der Waals surface area (Å²) in [5.74, 6) is 0.752. The Balaban J connectivity index is 2.12. The second kappa shape index (κ2) is 7.84. The van der Waals surface area contributed by atoms with Gasteiger partial charge in [0.15, 0.2) is 0 Å². The van der Waals surface area contributed by atoms with E-state index in [2.05, 4.69) is 15.3 Å². The molecule has 0 aliphatic carbocycles. The molecule has 0 spiro atoms. The van der Waals surface area contributed by atoms with Crippen LogP contribution in [0, 0.1) is 6.92 Å². The third-order valence-electron chi connectivity index (χ3n) is 2.71. The first-order valence-electron chi connectivity index (χ1n) is 6.51. The van der Waals surface area contributed by atoms with Crippen LogP contribution in [0.25, 0.3) is 0 Å². The number of hydrogen-bond donors (Lipinski definition) is 2. The van der Waals surface area contributed by atoms with Crippen LogP contribution in [0.1, 0.15) is 12.1 Å². The molecule has 1 aromatic carbocycles. The third-order valence-corrected chi connectivity index (χ3v) is 4.80. The first-order chi connectivity index (χ1) is 10.1. The van der Waals surface area contributed by atoms with E-state index in [9.17, 15) is 0 Å². The quantitative estimate of drug-likeness (QED) is 0.776. The minimum atomic E-state index is 0.535. The van der Waals surface area contributed by atoms with Gasteiger partial charge >= 0.3 is 0 Å². The average Bonchev–Trinajstić information content (AvgIpc) is 2.47. The van der Waals surface area contributed by atoms with Crippen LogP contribution in [-0.4, -0.2) is 23.1 Å². The molecule has 1 heterocycles. The number of nitrogens with two attached hydrogens (primary N) is 1. The van der Waals surface area contributed by atoms with Gasteiger partial charge < -0.3 is 11.1 Å². The number of nitrogens with zero attached hydrogens (tertiary/aromatic N) is 2. The summed E-state index contributed by atoms with van der Waals surface area (Å²) in [7, 11) is 0. The van der Waals surface area contributed by atoms with Gasteiger partial charge in [0.05, 0.1) is 21.9 Å². The smallest absolute Gasteiger partial charge is 0.144 e. The third kappa shape index (κ3) is 4.48. The first kappa shape index (κ1) is 16.4. The van der Waals surface area contributed by atoms with Crippen LogP contribution in [0.3, 0.4) is 0 Å². The minimum Gasteiger partial charge on any atom is -0.369 e.